The fraction of sp³-hybridized carbons (Fsp3) is 0.625. The van der Waals surface area contributed by atoms with E-state index in [1.807, 2.05) is 0 Å². The molecule has 1 N–H and O–H groups in total. The largest absolute Gasteiger partial charge is 0.497 e. The maximum Gasteiger partial charge on any atom is 0.119 e. The summed E-state index contributed by atoms with van der Waals surface area (Å²) in [5.74, 6) is 2.25. The van der Waals surface area contributed by atoms with Crippen molar-refractivity contribution in [3.63, 3.8) is 0 Å². The van der Waals surface area contributed by atoms with Gasteiger partial charge in [-0.2, -0.15) is 11.8 Å². The number of hydrogen-bond donors (Lipinski definition) is 1. The van der Waals surface area contributed by atoms with Gasteiger partial charge in [-0.1, -0.05) is 19.4 Å². The summed E-state index contributed by atoms with van der Waals surface area (Å²) in [7, 11) is 3.82. The van der Waals surface area contributed by atoms with Crippen LogP contribution in [0.5, 0.6) is 5.75 Å². The number of fused-ring (bicyclic) bond motifs is 1. The molecule has 3 heteroatoms. The Labute approximate surface area is 121 Å². The number of rotatable bonds is 6. The lowest BCUT2D eigenvalue weighted by Gasteiger charge is -2.33. The summed E-state index contributed by atoms with van der Waals surface area (Å²) in [6.07, 6.45) is 5.08. The number of hydrogen-bond acceptors (Lipinski definition) is 3. The second kappa shape index (κ2) is 7.20. The number of methoxy groups -OCH3 is 1. The van der Waals surface area contributed by atoms with E-state index in [9.17, 15) is 0 Å². The Morgan fingerprint density at radius 2 is 2.26 bits per heavy atom. The van der Waals surface area contributed by atoms with Gasteiger partial charge in [0.05, 0.1) is 7.11 Å². The van der Waals surface area contributed by atoms with Gasteiger partial charge in [-0.3, -0.25) is 0 Å². The van der Waals surface area contributed by atoms with Crippen LogP contribution in [0, 0.1) is 0 Å². The van der Waals surface area contributed by atoms with E-state index in [4.69, 9.17) is 4.74 Å². The molecule has 0 saturated carbocycles. The molecular formula is C16H25NOS. The number of benzene rings is 1. The molecule has 2 rings (SSSR count). The second-order valence-electron chi connectivity index (χ2n) is 5.13. The SMILES string of the molecule is CCCCSC1CCc2ccc(OC)cc2C1NC. The Kier molecular flexibility index (Phi) is 5.59. The van der Waals surface area contributed by atoms with Gasteiger partial charge in [-0.15, -0.1) is 0 Å². The molecule has 0 heterocycles. The third-order valence-electron chi connectivity index (χ3n) is 3.90. The van der Waals surface area contributed by atoms with E-state index in [2.05, 4.69) is 49.2 Å². The van der Waals surface area contributed by atoms with E-state index < -0.39 is 0 Å². The molecule has 0 radical (unpaired) electrons. The molecule has 2 atom stereocenters. The van der Waals surface area contributed by atoms with E-state index >= 15 is 0 Å². The van der Waals surface area contributed by atoms with Gasteiger partial charge in [0.25, 0.3) is 0 Å². The van der Waals surface area contributed by atoms with Gasteiger partial charge in [-0.25, -0.2) is 0 Å². The van der Waals surface area contributed by atoms with Crippen molar-refractivity contribution in [2.75, 3.05) is 19.9 Å². The first-order valence-electron chi connectivity index (χ1n) is 7.25. The van der Waals surface area contributed by atoms with Gasteiger partial charge < -0.3 is 10.1 Å². The van der Waals surface area contributed by atoms with Crippen molar-refractivity contribution in [1.29, 1.82) is 0 Å². The minimum absolute atomic E-state index is 0.459. The van der Waals surface area contributed by atoms with Crippen LogP contribution in [0.25, 0.3) is 0 Å². The maximum absolute atomic E-state index is 5.37. The minimum atomic E-state index is 0.459. The molecule has 0 amide bonds. The number of unbranched alkanes of at least 4 members (excludes halogenated alkanes) is 1. The zero-order chi connectivity index (χ0) is 13.7. The average molecular weight is 279 g/mol. The maximum atomic E-state index is 5.37. The summed E-state index contributed by atoms with van der Waals surface area (Å²) >= 11 is 2.13. The van der Waals surface area contributed by atoms with Crippen molar-refractivity contribution in [2.45, 2.75) is 43.9 Å². The Morgan fingerprint density at radius 1 is 1.42 bits per heavy atom. The molecule has 1 aliphatic rings. The van der Waals surface area contributed by atoms with E-state index in [1.165, 1.54) is 42.6 Å². The molecular weight excluding hydrogens is 254 g/mol. The Balaban J connectivity index is 2.14. The first-order chi connectivity index (χ1) is 9.30. The molecule has 0 spiro atoms. The number of thioether (sulfide) groups is 1. The summed E-state index contributed by atoms with van der Waals surface area (Å²) in [5, 5.41) is 4.20. The normalized spacial score (nSPS) is 22.1. The van der Waals surface area contributed by atoms with Crippen molar-refractivity contribution in [2.24, 2.45) is 0 Å². The molecule has 2 unspecified atom stereocenters. The quantitative estimate of drug-likeness (QED) is 0.800. The lowest BCUT2D eigenvalue weighted by atomic mass is 9.87. The smallest absolute Gasteiger partial charge is 0.119 e. The van der Waals surface area contributed by atoms with Crippen LogP contribution in [0.15, 0.2) is 18.2 Å². The zero-order valence-electron chi connectivity index (χ0n) is 12.2. The molecule has 0 bridgehead atoms. The highest BCUT2D eigenvalue weighted by Crippen LogP contribution is 2.38. The summed E-state index contributed by atoms with van der Waals surface area (Å²) in [6, 6.07) is 6.98. The fourth-order valence-electron chi connectivity index (χ4n) is 2.78. The average Bonchev–Trinajstić information content (AvgIpc) is 2.46. The minimum Gasteiger partial charge on any atom is -0.497 e. The van der Waals surface area contributed by atoms with Crippen LogP contribution < -0.4 is 10.1 Å². The topological polar surface area (TPSA) is 21.3 Å². The lowest BCUT2D eigenvalue weighted by molar-refractivity contribution is 0.411. The predicted molar refractivity (Wildman–Crippen MR) is 84.3 cm³/mol. The summed E-state index contributed by atoms with van der Waals surface area (Å²) in [4.78, 5) is 0. The predicted octanol–water partition coefficient (Wildman–Crippen LogP) is 3.80. The van der Waals surface area contributed by atoms with Crippen molar-refractivity contribution in [1.82, 2.24) is 5.32 Å². The van der Waals surface area contributed by atoms with Crippen LogP contribution in [0.2, 0.25) is 0 Å². The third-order valence-corrected chi connectivity index (χ3v) is 5.36. The van der Waals surface area contributed by atoms with E-state index in [0.29, 0.717) is 11.3 Å². The van der Waals surface area contributed by atoms with Crippen LogP contribution in [0.4, 0.5) is 0 Å². The van der Waals surface area contributed by atoms with Crippen LogP contribution in [-0.4, -0.2) is 25.2 Å². The highest BCUT2D eigenvalue weighted by Gasteiger charge is 2.28. The third kappa shape index (κ3) is 3.46. The molecule has 19 heavy (non-hydrogen) atoms. The van der Waals surface area contributed by atoms with Crippen LogP contribution in [0.3, 0.4) is 0 Å². The Morgan fingerprint density at radius 3 is 2.95 bits per heavy atom. The van der Waals surface area contributed by atoms with Gasteiger partial charge in [0, 0.05) is 11.3 Å². The van der Waals surface area contributed by atoms with E-state index in [0.717, 1.165) is 5.75 Å². The van der Waals surface area contributed by atoms with E-state index in [-0.39, 0.29) is 0 Å². The van der Waals surface area contributed by atoms with Gasteiger partial charge in [-0.05, 0) is 55.3 Å². The molecule has 1 aromatic rings. The van der Waals surface area contributed by atoms with Gasteiger partial charge in [0.15, 0.2) is 0 Å². The van der Waals surface area contributed by atoms with Gasteiger partial charge in [0.2, 0.25) is 0 Å². The second-order valence-corrected chi connectivity index (χ2v) is 6.48. The van der Waals surface area contributed by atoms with E-state index in [1.54, 1.807) is 7.11 Å². The van der Waals surface area contributed by atoms with Crippen molar-refractivity contribution >= 4 is 11.8 Å². The molecule has 0 aliphatic heterocycles. The van der Waals surface area contributed by atoms with Crippen LogP contribution in [0.1, 0.15) is 43.4 Å². The summed E-state index contributed by atoms with van der Waals surface area (Å²) < 4.78 is 5.37. The monoisotopic (exact) mass is 279 g/mol. The van der Waals surface area contributed by atoms with Gasteiger partial charge >= 0.3 is 0 Å². The number of nitrogens with one attached hydrogen (secondary N) is 1. The van der Waals surface area contributed by atoms with Crippen molar-refractivity contribution in [3.05, 3.63) is 29.3 Å². The molecule has 106 valence electrons. The molecule has 0 saturated heterocycles. The standard InChI is InChI=1S/C16H25NOS/c1-4-5-10-19-15-9-7-12-6-8-13(18-3)11-14(12)16(15)17-2/h6,8,11,15-17H,4-5,7,9-10H2,1-3H3. The summed E-state index contributed by atoms with van der Waals surface area (Å²) in [6.45, 7) is 2.26. The van der Waals surface area contributed by atoms with Crippen molar-refractivity contribution in [3.8, 4) is 5.75 Å². The number of ether oxygens (including phenoxy) is 1. The lowest BCUT2D eigenvalue weighted by Crippen LogP contribution is -2.32. The molecule has 0 aromatic heterocycles. The van der Waals surface area contributed by atoms with Gasteiger partial charge in [0.1, 0.15) is 5.75 Å². The Hall–Kier alpha value is -0.670. The fourth-order valence-corrected chi connectivity index (χ4v) is 4.30. The highest BCUT2D eigenvalue weighted by molar-refractivity contribution is 7.99. The molecule has 2 nitrogen and oxygen atoms in total. The Bertz CT molecular complexity index is 408. The zero-order valence-corrected chi connectivity index (χ0v) is 13.1. The molecule has 1 aromatic carbocycles. The van der Waals surface area contributed by atoms with Crippen LogP contribution in [-0.2, 0) is 6.42 Å². The first kappa shape index (κ1) is 14.7. The summed E-state index contributed by atoms with van der Waals surface area (Å²) in [5.41, 5.74) is 2.91. The first-order valence-corrected chi connectivity index (χ1v) is 8.30. The highest BCUT2D eigenvalue weighted by atomic mass is 32.2. The molecule has 0 fully saturated rings. The number of aryl methyl sites for hydroxylation is 1. The van der Waals surface area contributed by atoms with Crippen molar-refractivity contribution < 1.29 is 4.74 Å². The molecule has 1 aliphatic carbocycles. The van der Waals surface area contributed by atoms with Crippen LogP contribution >= 0.6 is 11.8 Å².